The van der Waals surface area contributed by atoms with E-state index in [1.165, 1.54) is 12.0 Å². The minimum atomic E-state index is -0.820. The van der Waals surface area contributed by atoms with Crippen molar-refractivity contribution < 1.29 is 4.39 Å². The van der Waals surface area contributed by atoms with E-state index in [1.54, 1.807) is 0 Å². The smallest absolute Gasteiger partial charge is 0.135 e. The molecule has 17 heavy (non-hydrogen) atoms. The van der Waals surface area contributed by atoms with Crippen molar-refractivity contribution in [1.82, 2.24) is 10.6 Å². The summed E-state index contributed by atoms with van der Waals surface area (Å²) in [6.07, 6.45) is 2.46. The Morgan fingerprint density at radius 1 is 1.18 bits per heavy atom. The lowest BCUT2D eigenvalue weighted by Gasteiger charge is -2.30. The Morgan fingerprint density at radius 2 is 2.06 bits per heavy atom. The molecule has 0 bridgehead atoms. The van der Waals surface area contributed by atoms with Gasteiger partial charge in [0.2, 0.25) is 0 Å². The SMILES string of the molecule is FC(C1CCCCN1)C1NCc2ccccc21. The van der Waals surface area contributed by atoms with Gasteiger partial charge in [0.05, 0.1) is 6.04 Å². The van der Waals surface area contributed by atoms with Crippen LogP contribution in [0.25, 0.3) is 0 Å². The Bertz CT molecular complexity index is 388. The van der Waals surface area contributed by atoms with Crippen molar-refractivity contribution in [3.63, 3.8) is 0 Å². The third kappa shape index (κ3) is 2.09. The van der Waals surface area contributed by atoms with E-state index in [-0.39, 0.29) is 12.1 Å². The van der Waals surface area contributed by atoms with E-state index >= 15 is 0 Å². The third-order valence-electron chi connectivity index (χ3n) is 3.95. The van der Waals surface area contributed by atoms with E-state index in [1.807, 2.05) is 12.1 Å². The van der Waals surface area contributed by atoms with Crippen LogP contribution in [0.1, 0.15) is 36.4 Å². The van der Waals surface area contributed by atoms with Crippen molar-refractivity contribution >= 4 is 0 Å². The van der Waals surface area contributed by atoms with E-state index in [2.05, 4.69) is 22.8 Å². The second-order valence-corrected chi connectivity index (χ2v) is 5.06. The summed E-state index contributed by atoms with van der Waals surface area (Å²) in [5.74, 6) is 0. The van der Waals surface area contributed by atoms with Crippen molar-refractivity contribution in [2.24, 2.45) is 0 Å². The van der Waals surface area contributed by atoms with Gasteiger partial charge in [0.15, 0.2) is 0 Å². The summed E-state index contributed by atoms with van der Waals surface area (Å²) in [6.45, 7) is 1.76. The molecule has 2 aliphatic rings. The topological polar surface area (TPSA) is 24.1 Å². The lowest BCUT2D eigenvalue weighted by atomic mass is 9.92. The summed E-state index contributed by atoms with van der Waals surface area (Å²) in [5, 5.41) is 6.62. The first-order valence-corrected chi connectivity index (χ1v) is 6.55. The molecule has 3 unspecified atom stereocenters. The Balaban J connectivity index is 1.76. The molecule has 1 aromatic rings. The molecule has 3 atom stereocenters. The van der Waals surface area contributed by atoms with Crippen LogP contribution in [0.3, 0.4) is 0 Å². The number of nitrogens with one attached hydrogen (secondary N) is 2. The first-order valence-electron chi connectivity index (χ1n) is 6.55. The number of hydrogen-bond acceptors (Lipinski definition) is 2. The molecule has 0 saturated carbocycles. The van der Waals surface area contributed by atoms with Crippen molar-refractivity contribution in [1.29, 1.82) is 0 Å². The maximum absolute atomic E-state index is 14.5. The Hall–Kier alpha value is -0.930. The van der Waals surface area contributed by atoms with Crippen LogP contribution in [-0.4, -0.2) is 18.8 Å². The van der Waals surface area contributed by atoms with Crippen LogP contribution < -0.4 is 10.6 Å². The molecule has 2 N–H and O–H groups in total. The zero-order chi connectivity index (χ0) is 11.7. The molecule has 0 radical (unpaired) electrons. The van der Waals surface area contributed by atoms with Crippen LogP contribution >= 0.6 is 0 Å². The van der Waals surface area contributed by atoms with Gasteiger partial charge in [-0.3, -0.25) is 0 Å². The van der Waals surface area contributed by atoms with Crippen LogP contribution in [0.2, 0.25) is 0 Å². The standard InChI is InChI=1S/C14H19FN2/c15-13(12-7-3-4-8-16-12)14-11-6-2-1-5-10(11)9-17-14/h1-2,5-6,12-14,16-17H,3-4,7-9H2. The molecule has 0 spiro atoms. The molecule has 92 valence electrons. The molecule has 1 fully saturated rings. The van der Waals surface area contributed by atoms with Gasteiger partial charge in [-0.1, -0.05) is 30.7 Å². The second-order valence-electron chi connectivity index (χ2n) is 5.06. The van der Waals surface area contributed by atoms with Gasteiger partial charge in [0, 0.05) is 12.6 Å². The zero-order valence-electron chi connectivity index (χ0n) is 9.95. The molecule has 0 aromatic heterocycles. The molecular formula is C14H19FN2. The largest absolute Gasteiger partial charge is 0.311 e. The highest BCUT2D eigenvalue weighted by Crippen LogP contribution is 2.32. The minimum Gasteiger partial charge on any atom is -0.311 e. The highest BCUT2D eigenvalue weighted by Gasteiger charge is 2.34. The fraction of sp³-hybridized carbons (Fsp3) is 0.571. The molecule has 2 nitrogen and oxygen atoms in total. The van der Waals surface area contributed by atoms with Gasteiger partial charge in [-0.25, -0.2) is 4.39 Å². The number of halogens is 1. The normalized spacial score (nSPS) is 29.9. The molecule has 3 rings (SSSR count). The van der Waals surface area contributed by atoms with Gasteiger partial charge in [-0.2, -0.15) is 0 Å². The van der Waals surface area contributed by atoms with Gasteiger partial charge in [-0.05, 0) is 30.5 Å². The Morgan fingerprint density at radius 3 is 2.88 bits per heavy atom. The van der Waals surface area contributed by atoms with E-state index in [0.29, 0.717) is 0 Å². The molecule has 0 amide bonds. The van der Waals surface area contributed by atoms with Gasteiger partial charge >= 0.3 is 0 Å². The van der Waals surface area contributed by atoms with E-state index < -0.39 is 6.17 Å². The van der Waals surface area contributed by atoms with Crippen LogP contribution in [0.4, 0.5) is 4.39 Å². The highest BCUT2D eigenvalue weighted by atomic mass is 19.1. The molecule has 3 heteroatoms. The van der Waals surface area contributed by atoms with Gasteiger partial charge in [-0.15, -0.1) is 0 Å². The summed E-state index contributed by atoms with van der Waals surface area (Å²) in [5.41, 5.74) is 2.39. The maximum Gasteiger partial charge on any atom is 0.135 e. The average Bonchev–Trinajstić information content (AvgIpc) is 2.83. The fourth-order valence-electron chi connectivity index (χ4n) is 3.00. The number of alkyl halides is 1. The van der Waals surface area contributed by atoms with Crippen LogP contribution in [0.15, 0.2) is 24.3 Å². The summed E-state index contributed by atoms with van der Waals surface area (Å²) in [6, 6.07) is 8.06. The van der Waals surface area contributed by atoms with Gasteiger partial charge in [0.25, 0.3) is 0 Å². The van der Waals surface area contributed by atoms with Crippen molar-refractivity contribution in [3.8, 4) is 0 Å². The van der Waals surface area contributed by atoms with Crippen molar-refractivity contribution in [2.75, 3.05) is 6.54 Å². The van der Waals surface area contributed by atoms with Crippen LogP contribution in [-0.2, 0) is 6.54 Å². The number of piperidine rings is 1. The summed E-state index contributed by atoms with van der Waals surface area (Å²) >= 11 is 0. The van der Waals surface area contributed by atoms with Gasteiger partial charge < -0.3 is 10.6 Å². The fourth-order valence-corrected chi connectivity index (χ4v) is 3.00. The monoisotopic (exact) mass is 234 g/mol. The van der Waals surface area contributed by atoms with Gasteiger partial charge in [0.1, 0.15) is 6.17 Å². The minimum absolute atomic E-state index is 0.0207. The number of hydrogen-bond donors (Lipinski definition) is 2. The average molecular weight is 234 g/mol. The second kappa shape index (κ2) is 4.75. The molecular weight excluding hydrogens is 215 g/mol. The molecule has 2 aliphatic heterocycles. The predicted octanol–water partition coefficient (Wildman–Crippen LogP) is 2.31. The van der Waals surface area contributed by atoms with Crippen molar-refractivity contribution in [3.05, 3.63) is 35.4 Å². The summed E-state index contributed by atoms with van der Waals surface area (Å²) in [7, 11) is 0. The van der Waals surface area contributed by atoms with E-state index in [0.717, 1.165) is 31.5 Å². The summed E-state index contributed by atoms with van der Waals surface area (Å²) in [4.78, 5) is 0. The number of rotatable bonds is 2. The Labute approximate surface area is 102 Å². The Kier molecular flexibility index (Phi) is 3.12. The highest BCUT2D eigenvalue weighted by molar-refractivity contribution is 5.34. The first-order chi connectivity index (χ1) is 8.36. The van der Waals surface area contributed by atoms with Crippen LogP contribution in [0.5, 0.6) is 0 Å². The molecule has 1 aromatic carbocycles. The molecule has 1 saturated heterocycles. The quantitative estimate of drug-likeness (QED) is 0.820. The van der Waals surface area contributed by atoms with E-state index in [9.17, 15) is 4.39 Å². The molecule has 2 heterocycles. The zero-order valence-corrected chi connectivity index (χ0v) is 9.95. The lowest BCUT2D eigenvalue weighted by molar-refractivity contribution is 0.173. The lowest BCUT2D eigenvalue weighted by Crippen LogP contribution is -2.45. The number of fused-ring (bicyclic) bond motifs is 1. The predicted molar refractivity (Wildman–Crippen MR) is 66.6 cm³/mol. The van der Waals surface area contributed by atoms with Crippen LogP contribution in [0, 0.1) is 0 Å². The molecule has 0 aliphatic carbocycles. The van der Waals surface area contributed by atoms with Crippen molar-refractivity contribution in [2.45, 2.75) is 44.1 Å². The maximum atomic E-state index is 14.5. The summed E-state index contributed by atoms with van der Waals surface area (Å²) < 4.78 is 14.5. The van der Waals surface area contributed by atoms with E-state index in [4.69, 9.17) is 0 Å². The third-order valence-corrected chi connectivity index (χ3v) is 3.95. The number of benzene rings is 1. The first kappa shape index (κ1) is 11.2.